The van der Waals surface area contributed by atoms with Crippen LogP contribution in [0.4, 0.5) is 0 Å². The van der Waals surface area contributed by atoms with Crippen LogP contribution in [-0.4, -0.2) is 19.0 Å². The van der Waals surface area contributed by atoms with Crippen molar-refractivity contribution in [3.63, 3.8) is 0 Å². The standard InChI is InChI=1S/C19H23ClN2O/c1-3-22(4-2)14-17-8-6-5-7-16(17)13-21-19(23)15-9-11-18(20)12-10-15/h5-12H,3-4,13-14H2,1-2H3,(H,21,23)/p+1. The van der Waals surface area contributed by atoms with Crippen molar-refractivity contribution in [2.45, 2.75) is 26.9 Å². The van der Waals surface area contributed by atoms with E-state index in [1.54, 1.807) is 24.3 Å². The van der Waals surface area contributed by atoms with E-state index in [-0.39, 0.29) is 5.91 Å². The highest BCUT2D eigenvalue weighted by atomic mass is 35.5. The summed E-state index contributed by atoms with van der Waals surface area (Å²) in [5, 5.41) is 3.63. The molecule has 2 N–H and O–H groups in total. The Morgan fingerprint density at radius 1 is 1.00 bits per heavy atom. The molecule has 3 nitrogen and oxygen atoms in total. The molecule has 0 fully saturated rings. The van der Waals surface area contributed by atoms with Crippen LogP contribution in [0.5, 0.6) is 0 Å². The first kappa shape index (κ1) is 17.5. The Balaban J connectivity index is 2.02. The van der Waals surface area contributed by atoms with Crippen LogP contribution < -0.4 is 10.2 Å². The SMILES string of the molecule is CC[NH+](CC)Cc1ccccc1CNC(=O)c1ccc(Cl)cc1. The van der Waals surface area contributed by atoms with Crippen molar-refractivity contribution in [3.8, 4) is 0 Å². The molecule has 0 radical (unpaired) electrons. The summed E-state index contributed by atoms with van der Waals surface area (Å²) in [6.45, 7) is 8.12. The lowest BCUT2D eigenvalue weighted by atomic mass is 10.1. The lowest BCUT2D eigenvalue weighted by Crippen LogP contribution is -3.10. The van der Waals surface area contributed by atoms with E-state index < -0.39 is 0 Å². The van der Waals surface area contributed by atoms with E-state index in [2.05, 4.69) is 37.4 Å². The summed E-state index contributed by atoms with van der Waals surface area (Å²) in [4.78, 5) is 13.7. The molecular formula is C19H24ClN2O+. The van der Waals surface area contributed by atoms with E-state index in [0.29, 0.717) is 17.1 Å². The second-order valence-corrected chi connectivity index (χ2v) is 6.03. The largest absolute Gasteiger partial charge is 0.348 e. The van der Waals surface area contributed by atoms with Crippen LogP contribution in [0.3, 0.4) is 0 Å². The molecule has 0 aliphatic carbocycles. The fraction of sp³-hybridized carbons (Fsp3) is 0.316. The van der Waals surface area contributed by atoms with Gasteiger partial charge in [0.05, 0.1) is 13.1 Å². The zero-order valence-corrected chi connectivity index (χ0v) is 14.5. The zero-order valence-electron chi connectivity index (χ0n) is 13.7. The number of quaternary nitrogens is 1. The molecule has 4 heteroatoms. The van der Waals surface area contributed by atoms with E-state index in [4.69, 9.17) is 11.6 Å². The van der Waals surface area contributed by atoms with Crippen molar-refractivity contribution >= 4 is 17.5 Å². The fourth-order valence-electron chi connectivity index (χ4n) is 2.55. The van der Waals surface area contributed by atoms with E-state index in [1.807, 2.05) is 6.07 Å². The van der Waals surface area contributed by atoms with E-state index in [9.17, 15) is 4.79 Å². The summed E-state index contributed by atoms with van der Waals surface area (Å²) in [5.74, 6) is -0.0772. The number of hydrogen-bond donors (Lipinski definition) is 2. The number of rotatable bonds is 7. The molecule has 1 amide bonds. The first-order chi connectivity index (χ1) is 11.1. The lowest BCUT2D eigenvalue weighted by molar-refractivity contribution is -0.910. The van der Waals surface area contributed by atoms with E-state index in [0.717, 1.165) is 19.6 Å². The molecule has 2 aromatic carbocycles. The first-order valence-corrected chi connectivity index (χ1v) is 8.46. The van der Waals surface area contributed by atoms with Crippen LogP contribution >= 0.6 is 11.6 Å². The third-order valence-corrected chi connectivity index (χ3v) is 4.36. The van der Waals surface area contributed by atoms with Gasteiger partial charge >= 0.3 is 0 Å². The molecule has 0 saturated heterocycles. The Morgan fingerprint density at radius 3 is 2.22 bits per heavy atom. The lowest BCUT2D eigenvalue weighted by Gasteiger charge is -2.18. The van der Waals surface area contributed by atoms with Gasteiger partial charge in [0.1, 0.15) is 6.54 Å². The Labute approximate surface area is 143 Å². The van der Waals surface area contributed by atoms with Crippen LogP contribution in [0, 0.1) is 0 Å². The number of nitrogens with one attached hydrogen (secondary N) is 2. The van der Waals surface area contributed by atoms with Gasteiger partial charge in [-0.2, -0.15) is 0 Å². The fourth-order valence-corrected chi connectivity index (χ4v) is 2.68. The minimum Gasteiger partial charge on any atom is -0.348 e. The topological polar surface area (TPSA) is 33.5 Å². The van der Waals surface area contributed by atoms with Gasteiger partial charge in [0.15, 0.2) is 0 Å². The summed E-state index contributed by atoms with van der Waals surface area (Å²) in [5.41, 5.74) is 3.10. The molecule has 0 saturated carbocycles. The van der Waals surface area contributed by atoms with Gasteiger partial charge in [-0.05, 0) is 43.7 Å². The minimum absolute atomic E-state index is 0.0772. The van der Waals surface area contributed by atoms with Crippen LogP contribution in [0.1, 0.15) is 35.3 Å². The zero-order chi connectivity index (χ0) is 16.7. The smallest absolute Gasteiger partial charge is 0.251 e. The molecule has 0 aromatic heterocycles. The Hall–Kier alpha value is -1.84. The quantitative estimate of drug-likeness (QED) is 0.803. The molecule has 0 atom stereocenters. The summed E-state index contributed by atoms with van der Waals surface area (Å²) >= 11 is 5.85. The average Bonchev–Trinajstić information content (AvgIpc) is 2.59. The number of amides is 1. The number of hydrogen-bond acceptors (Lipinski definition) is 1. The average molecular weight is 332 g/mol. The van der Waals surface area contributed by atoms with E-state index in [1.165, 1.54) is 16.0 Å². The van der Waals surface area contributed by atoms with Gasteiger partial charge < -0.3 is 10.2 Å². The highest BCUT2D eigenvalue weighted by Gasteiger charge is 2.10. The van der Waals surface area contributed by atoms with Gasteiger partial charge in [-0.1, -0.05) is 35.9 Å². The van der Waals surface area contributed by atoms with Crippen LogP contribution in [0.25, 0.3) is 0 Å². The highest BCUT2D eigenvalue weighted by molar-refractivity contribution is 6.30. The van der Waals surface area contributed by atoms with Gasteiger partial charge in [0.2, 0.25) is 0 Å². The van der Waals surface area contributed by atoms with Gasteiger partial charge in [0, 0.05) is 22.7 Å². The van der Waals surface area contributed by atoms with Crippen LogP contribution in [0.2, 0.25) is 5.02 Å². The molecule has 2 aromatic rings. The molecule has 0 aliphatic rings. The Kier molecular flexibility index (Phi) is 6.63. The summed E-state index contributed by atoms with van der Waals surface area (Å²) in [6, 6.07) is 15.2. The summed E-state index contributed by atoms with van der Waals surface area (Å²) in [6.07, 6.45) is 0. The Morgan fingerprint density at radius 2 is 1.61 bits per heavy atom. The summed E-state index contributed by atoms with van der Waals surface area (Å²) < 4.78 is 0. The molecule has 0 heterocycles. The molecule has 0 unspecified atom stereocenters. The maximum absolute atomic E-state index is 12.2. The maximum atomic E-state index is 12.2. The normalized spacial score (nSPS) is 10.8. The van der Waals surface area contributed by atoms with Crippen molar-refractivity contribution in [3.05, 3.63) is 70.2 Å². The third-order valence-electron chi connectivity index (χ3n) is 4.10. The number of carbonyl (C=O) groups excluding carboxylic acids is 1. The predicted molar refractivity (Wildman–Crippen MR) is 94.8 cm³/mol. The maximum Gasteiger partial charge on any atom is 0.251 e. The molecule has 0 spiro atoms. The van der Waals surface area contributed by atoms with Gasteiger partial charge in [-0.25, -0.2) is 0 Å². The van der Waals surface area contributed by atoms with Crippen molar-refractivity contribution in [1.29, 1.82) is 0 Å². The molecule has 23 heavy (non-hydrogen) atoms. The monoisotopic (exact) mass is 331 g/mol. The summed E-state index contributed by atoms with van der Waals surface area (Å²) in [7, 11) is 0. The molecule has 2 rings (SSSR count). The van der Waals surface area contributed by atoms with Crippen LogP contribution in [0.15, 0.2) is 48.5 Å². The number of halogens is 1. The van der Waals surface area contributed by atoms with Gasteiger partial charge in [0.25, 0.3) is 5.91 Å². The Bertz CT molecular complexity index is 636. The van der Waals surface area contributed by atoms with Gasteiger partial charge in [-0.15, -0.1) is 0 Å². The van der Waals surface area contributed by atoms with Crippen molar-refractivity contribution < 1.29 is 9.69 Å². The molecule has 0 aliphatic heterocycles. The molecule has 122 valence electrons. The molecular weight excluding hydrogens is 308 g/mol. The molecule has 0 bridgehead atoms. The van der Waals surface area contributed by atoms with Gasteiger partial charge in [-0.3, -0.25) is 4.79 Å². The second-order valence-electron chi connectivity index (χ2n) is 5.59. The second kappa shape index (κ2) is 8.70. The van der Waals surface area contributed by atoms with Crippen molar-refractivity contribution in [2.24, 2.45) is 0 Å². The third kappa shape index (κ3) is 5.08. The number of carbonyl (C=O) groups is 1. The van der Waals surface area contributed by atoms with Crippen LogP contribution in [-0.2, 0) is 13.1 Å². The highest BCUT2D eigenvalue weighted by Crippen LogP contribution is 2.11. The first-order valence-electron chi connectivity index (χ1n) is 8.08. The van der Waals surface area contributed by atoms with Crippen molar-refractivity contribution in [1.82, 2.24) is 5.32 Å². The number of benzene rings is 2. The van der Waals surface area contributed by atoms with E-state index >= 15 is 0 Å². The van der Waals surface area contributed by atoms with Crippen molar-refractivity contribution in [2.75, 3.05) is 13.1 Å². The predicted octanol–water partition coefficient (Wildman–Crippen LogP) is 2.69. The minimum atomic E-state index is -0.0772.